The molecule has 3 aromatic carbocycles. The van der Waals surface area contributed by atoms with Crippen LogP contribution in [0.15, 0.2) is 85.1 Å². The Bertz CT molecular complexity index is 1210. The maximum Gasteiger partial charge on any atom is 0.256 e. The van der Waals surface area contributed by atoms with Crippen molar-refractivity contribution in [3.8, 4) is 5.75 Å². The molecule has 7 heteroatoms. The Hall–Kier alpha value is -3.28. The molecule has 0 aliphatic rings. The molecule has 0 saturated heterocycles. The van der Waals surface area contributed by atoms with Crippen LogP contribution in [-0.4, -0.2) is 15.7 Å². The van der Waals surface area contributed by atoms with Gasteiger partial charge in [0, 0.05) is 22.8 Å². The van der Waals surface area contributed by atoms with E-state index in [-0.39, 0.29) is 5.91 Å². The zero-order valence-electron chi connectivity index (χ0n) is 16.5. The van der Waals surface area contributed by atoms with Gasteiger partial charge in [0.25, 0.3) is 5.91 Å². The van der Waals surface area contributed by atoms with Gasteiger partial charge in [0.1, 0.15) is 12.4 Å². The number of carbonyl (C=O) groups excluding carboxylic acids is 1. The monoisotopic (exact) mass is 451 g/mol. The van der Waals surface area contributed by atoms with Crippen molar-refractivity contribution in [3.63, 3.8) is 0 Å². The Labute approximate surface area is 190 Å². The number of benzene rings is 3. The molecule has 4 aromatic rings. The van der Waals surface area contributed by atoms with Crippen LogP contribution in [0.2, 0.25) is 10.0 Å². The van der Waals surface area contributed by atoms with Gasteiger partial charge in [-0.2, -0.15) is 5.10 Å². The summed E-state index contributed by atoms with van der Waals surface area (Å²) in [5.74, 6) is 0.835. The minimum Gasteiger partial charge on any atom is -0.487 e. The summed E-state index contributed by atoms with van der Waals surface area (Å²) >= 11 is 12.1. The third-order valence-corrected chi connectivity index (χ3v) is 5.08. The molecular weight excluding hydrogens is 433 g/mol. The lowest BCUT2D eigenvalue weighted by Gasteiger charge is -2.09. The van der Waals surface area contributed by atoms with Gasteiger partial charge in [-0.05, 0) is 47.5 Å². The molecule has 0 atom stereocenters. The lowest BCUT2D eigenvalue weighted by atomic mass is 10.1. The first-order valence-corrected chi connectivity index (χ1v) is 10.4. The van der Waals surface area contributed by atoms with Crippen molar-refractivity contribution in [1.29, 1.82) is 0 Å². The second-order valence-corrected chi connectivity index (χ2v) is 7.75. The first-order chi connectivity index (χ1) is 15.1. The molecule has 0 radical (unpaired) electrons. The minimum atomic E-state index is -0.243. The molecule has 0 bridgehead atoms. The molecule has 4 rings (SSSR count). The fourth-order valence-corrected chi connectivity index (χ4v) is 3.46. The van der Waals surface area contributed by atoms with Gasteiger partial charge in [0.2, 0.25) is 0 Å². The number of carbonyl (C=O) groups is 1. The Morgan fingerprint density at radius 1 is 0.935 bits per heavy atom. The number of halogens is 2. The van der Waals surface area contributed by atoms with E-state index in [4.69, 9.17) is 27.9 Å². The quantitative estimate of drug-likeness (QED) is 0.370. The van der Waals surface area contributed by atoms with Crippen molar-refractivity contribution in [1.82, 2.24) is 9.78 Å². The molecular formula is C24H19Cl2N3O2. The highest BCUT2D eigenvalue weighted by Gasteiger charge is 2.10. The molecule has 0 fully saturated rings. The van der Waals surface area contributed by atoms with Gasteiger partial charge in [-0.15, -0.1) is 0 Å². The summed E-state index contributed by atoms with van der Waals surface area (Å²) in [6.07, 6.45) is 1.81. The van der Waals surface area contributed by atoms with Crippen molar-refractivity contribution in [3.05, 3.63) is 112 Å². The number of aromatic nitrogens is 2. The van der Waals surface area contributed by atoms with E-state index in [1.807, 2.05) is 54.7 Å². The van der Waals surface area contributed by atoms with E-state index in [9.17, 15) is 4.79 Å². The maximum atomic E-state index is 12.7. The summed E-state index contributed by atoms with van der Waals surface area (Å²) in [5, 5.41) is 8.46. The van der Waals surface area contributed by atoms with Crippen molar-refractivity contribution < 1.29 is 9.53 Å². The van der Waals surface area contributed by atoms with Crippen molar-refractivity contribution in [2.75, 3.05) is 5.32 Å². The van der Waals surface area contributed by atoms with Crippen LogP contribution in [0.5, 0.6) is 5.75 Å². The lowest BCUT2D eigenvalue weighted by Crippen LogP contribution is -2.13. The largest absolute Gasteiger partial charge is 0.487 e. The molecule has 0 unspecified atom stereocenters. The first kappa shape index (κ1) is 21.0. The zero-order valence-corrected chi connectivity index (χ0v) is 18.0. The first-order valence-electron chi connectivity index (χ1n) is 9.62. The zero-order chi connectivity index (χ0) is 21.6. The van der Waals surface area contributed by atoms with E-state index >= 15 is 0 Å². The molecule has 5 nitrogen and oxygen atoms in total. The van der Waals surface area contributed by atoms with E-state index in [1.54, 1.807) is 35.0 Å². The van der Waals surface area contributed by atoms with Crippen LogP contribution in [0.4, 0.5) is 5.82 Å². The van der Waals surface area contributed by atoms with E-state index in [0.29, 0.717) is 40.3 Å². The van der Waals surface area contributed by atoms with Crippen LogP contribution in [0.1, 0.15) is 21.5 Å². The highest BCUT2D eigenvalue weighted by Crippen LogP contribution is 2.24. The number of rotatable bonds is 7. The number of nitrogens with one attached hydrogen (secondary N) is 1. The lowest BCUT2D eigenvalue weighted by molar-refractivity contribution is 0.102. The van der Waals surface area contributed by atoms with Gasteiger partial charge >= 0.3 is 0 Å². The van der Waals surface area contributed by atoms with Gasteiger partial charge in [-0.3, -0.25) is 9.48 Å². The van der Waals surface area contributed by atoms with Gasteiger partial charge in [0.15, 0.2) is 5.82 Å². The molecule has 156 valence electrons. The fraction of sp³-hybridized carbons (Fsp3) is 0.0833. The second-order valence-electron chi connectivity index (χ2n) is 6.90. The van der Waals surface area contributed by atoms with E-state index < -0.39 is 0 Å². The third kappa shape index (κ3) is 5.66. The number of nitrogens with zero attached hydrogens (tertiary/aromatic N) is 2. The third-order valence-electron chi connectivity index (χ3n) is 4.54. The van der Waals surface area contributed by atoms with Crippen LogP contribution >= 0.6 is 23.2 Å². The van der Waals surface area contributed by atoms with Crippen molar-refractivity contribution >= 4 is 34.9 Å². The summed E-state index contributed by atoms with van der Waals surface area (Å²) in [4.78, 5) is 12.7. The Balaban J connectivity index is 1.38. The molecule has 1 amide bonds. The summed E-state index contributed by atoms with van der Waals surface area (Å²) in [6.45, 7) is 0.865. The highest BCUT2D eigenvalue weighted by molar-refractivity contribution is 6.32. The summed E-state index contributed by atoms with van der Waals surface area (Å²) < 4.78 is 7.50. The fourth-order valence-electron chi connectivity index (χ4n) is 3.05. The molecule has 1 heterocycles. The molecule has 1 N–H and O–H groups in total. The number of amides is 1. The van der Waals surface area contributed by atoms with Gasteiger partial charge in [-0.25, -0.2) is 0 Å². The number of hydrogen-bond donors (Lipinski definition) is 1. The average Bonchev–Trinajstić information content (AvgIpc) is 3.20. The minimum absolute atomic E-state index is 0.243. The molecule has 0 spiro atoms. The molecule has 1 aromatic heterocycles. The Morgan fingerprint density at radius 3 is 2.58 bits per heavy atom. The summed E-state index contributed by atoms with van der Waals surface area (Å²) in [7, 11) is 0. The van der Waals surface area contributed by atoms with E-state index in [2.05, 4.69) is 10.4 Å². The van der Waals surface area contributed by atoms with Crippen molar-refractivity contribution in [2.24, 2.45) is 0 Å². The SMILES string of the molecule is O=C(Nc1ccn(Cc2cccc(Cl)c2)n1)c1cccc(COc2ccccc2Cl)c1. The standard InChI is InChI=1S/C24H19Cl2N3O2/c25-20-8-4-5-17(14-20)15-29-12-11-23(28-29)27-24(30)19-7-3-6-18(13-19)16-31-22-10-2-1-9-21(22)26/h1-14H,15-16H2,(H,27,28,30). The second kappa shape index (κ2) is 9.69. The topological polar surface area (TPSA) is 56.2 Å². The van der Waals surface area contributed by atoms with Crippen LogP contribution < -0.4 is 10.1 Å². The molecule has 31 heavy (non-hydrogen) atoms. The van der Waals surface area contributed by atoms with Crippen LogP contribution in [0, 0.1) is 0 Å². The Morgan fingerprint density at radius 2 is 1.74 bits per heavy atom. The number of hydrogen-bond acceptors (Lipinski definition) is 3. The van der Waals surface area contributed by atoms with Crippen LogP contribution in [0.3, 0.4) is 0 Å². The number of para-hydroxylation sites is 1. The Kier molecular flexibility index (Phi) is 6.55. The highest BCUT2D eigenvalue weighted by atomic mass is 35.5. The van der Waals surface area contributed by atoms with E-state index in [0.717, 1.165) is 11.1 Å². The van der Waals surface area contributed by atoms with E-state index in [1.165, 1.54) is 0 Å². The predicted molar refractivity (Wildman–Crippen MR) is 123 cm³/mol. The smallest absolute Gasteiger partial charge is 0.256 e. The average molecular weight is 452 g/mol. The predicted octanol–water partition coefficient (Wildman–Crippen LogP) is 6.07. The van der Waals surface area contributed by atoms with Crippen LogP contribution in [-0.2, 0) is 13.2 Å². The van der Waals surface area contributed by atoms with Crippen molar-refractivity contribution in [2.45, 2.75) is 13.2 Å². The van der Waals surface area contributed by atoms with Gasteiger partial charge in [0.05, 0.1) is 11.6 Å². The van der Waals surface area contributed by atoms with Crippen LogP contribution in [0.25, 0.3) is 0 Å². The normalized spacial score (nSPS) is 10.6. The number of ether oxygens (including phenoxy) is 1. The van der Waals surface area contributed by atoms with Gasteiger partial charge in [-0.1, -0.05) is 59.6 Å². The number of anilines is 1. The molecule has 0 aliphatic carbocycles. The summed E-state index contributed by atoms with van der Waals surface area (Å²) in [5.41, 5.74) is 2.41. The van der Waals surface area contributed by atoms with Gasteiger partial charge < -0.3 is 10.1 Å². The maximum absolute atomic E-state index is 12.7. The molecule has 0 aliphatic heterocycles. The summed E-state index contributed by atoms with van der Waals surface area (Å²) in [6, 6.07) is 23.9. The molecule has 0 saturated carbocycles.